The molecule has 0 radical (unpaired) electrons. The molecule has 4 aliphatic heterocycles. The number of fused-ring (bicyclic) bond motifs is 3. The third-order valence-corrected chi connectivity index (χ3v) is 14.4. The van der Waals surface area contributed by atoms with Gasteiger partial charge in [0.15, 0.2) is 0 Å². The van der Waals surface area contributed by atoms with Crippen LogP contribution in [0.4, 0.5) is 0 Å². The third kappa shape index (κ3) is 9.00. The predicted molar refractivity (Wildman–Crippen MR) is 230 cm³/mol. The Morgan fingerprint density at radius 3 is 1.16 bits per heavy atom. The lowest BCUT2D eigenvalue weighted by Crippen LogP contribution is -2.43. The summed E-state index contributed by atoms with van der Waals surface area (Å²) in [6, 6.07) is 14.0. The third-order valence-electron chi connectivity index (χ3n) is 14.4. The van der Waals surface area contributed by atoms with Crippen LogP contribution < -0.4 is 10.9 Å². The highest BCUT2D eigenvalue weighted by Crippen LogP contribution is 2.54. The second-order valence-electron chi connectivity index (χ2n) is 20.9. The fourth-order valence-electron chi connectivity index (χ4n) is 9.12. The topological polar surface area (TPSA) is 73.8 Å². The molecule has 4 fully saturated rings. The van der Waals surface area contributed by atoms with Crippen LogP contribution >= 0.6 is 0 Å². The van der Waals surface area contributed by atoms with Crippen molar-refractivity contribution in [3.05, 3.63) is 47.5 Å². The zero-order valence-electron chi connectivity index (χ0n) is 37.1. The van der Waals surface area contributed by atoms with Crippen molar-refractivity contribution in [3.63, 3.8) is 0 Å². The van der Waals surface area contributed by atoms with Gasteiger partial charge in [-0.3, -0.25) is 0 Å². The maximum absolute atomic E-state index is 6.64. The first-order chi connectivity index (χ1) is 26.9. The molecule has 0 aromatic heterocycles. The highest BCUT2D eigenvalue weighted by Gasteiger charge is 2.54. The van der Waals surface area contributed by atoms with Gasteiger partial charge >= 0.3 is 14.2 Å². The van der Waals surface area contributed by atoms with Crippen molar-refractivity contribution >= 4 is 25.2 Å². The van der Waals surface area contributed by atoms with E-state index in [-0.39, 0.29) is 16.2 Å². The summed E-state index contributed by atoms with van der Waals surface area (Å²) in [5.41, 5.74) is 6.28. The van der Waals surface area contributed by atoms with E-state index in [1.54, 1.807) is 0 Å². The Balaban J connectivity index is 1.13. The van der Waals surface area contributed by atoms with Crippen LogP contribution in [0.1, 0.15) is 145 Å². The van der Waals surface area contributed by atoms with Crippen LogP contribution in [0.3, 0.4) is 0 Å². The minimum atomic E-state index is -0.412. The van der Waals surface area contributed by atoms with Crippen LogP contribution in [0.25, 0.3) is 11.1 Å². The SMILES string of the molecule is CC1(COCCCCCCC2(CCCCCCOCC3(C)COC3)c3cc(B4OC(C)(C)C(C)(C)O4)ccc3-c3ccc(B4OC(C)(C)C(C)(C)O4)cc32)COC1. The van der Waals surface area contributed by atoms with Gasteiger partial charge in [0.2, 0.25) is 0 Å². The van der Waals surface area contributed by atoms with Crippen LogP contribution in [0, 0.1) is 10.8 Å². The standard InChI is InChI=1S/C47H72B2O8/c1-41(2)42(3,4)55-48(54-41)35-19-21-37-38-22-20-36(49-56-43(5,6)44(7,8)57-49)28-40(38)47(39(37)27-35,23-15-11-13-17-25-50-29-45(9)31-52-32-45)24-16-12-14-18-26-51-30-46(10)33-53-34-46/h19-22,27-28H,11-18,23-26,29-34H2,1-10H3. The minimum Gasteiger partial charge on any atom is -0.399 e. The average molecular weight is 787 g/mol. The Bertz CT molecular complexity index is 1540. The molecule has 0 bridgehead atoms. The molecular weight excluding hydrogens is 714 g/mol. The first-order valence-corrected chi connectivity index (χ1v) is 22.2. The van der Waals surface area contributed by atoms with Crippen LogP contribution in [-0.2, 0) is 43.0 Å². The summed E-state index contributed by atoms with van der Waals surface area (Å²) < 4.78 is 49.6. The zero-order valence-corrected chi connectivity index (χ0v) is 37.1. The Morgan fingerprint density at radius 1 is 0.474 bits per heavy atom. The number of benzene rings is 2. The molecule has 2 aromatic rings. The van der Waals surface area contributed by atoms with E-state index >= 15 is 0 Å². The first kappa shape index (κ1) is 43.3. The Morgan fingerprint density at radius 2 is 0.825 bits per heavy atom. The monoisotopic (exact) mass is 787 g/mol. The quantitative estimate of drug-likeness (QED) is 0.0978. The lowest BCUT2D eigenvalue weighted by atomic mass is 9.67. The number of hydrogen-bond acceptors (Lipinski definition) is 8. The number of rotatable bonds is 20. The van der Waals surface area contributed by atoms with Crippen LogP contribution in [0.5, 0.6) is 0 Å². The molecule has 10 heteroatoms. The number of hydrogen-bond donors (Lipinski definition) is 0. The molecule has 0 atom stereocenters. The van der Waals surface area contributed by atoms with Crippen LogP contribution in [-0.4, -0.2) is 89.5 Å². The Kier molecular flexibility index (Phi) is 12.6. The van der Waals surface area contributed by atoms with Crippen LogP contribution in [0.2, 0.25) is 0 Å². The fraction of sp³-hybridized carbons (Fsp3) is 0.745. The van der Waals surface area contributed by atoms with Gasteiger partial charge in [-0.1, -0.05) is 88.8 Å². The molecule has 57 heavy (non-hydrogen) atoms. The Labute approximate surface area is 345 Å². The lowest BCUT2D eigenvalue weighted by molar-refractivity contribution is -0.137. The number of ether oxygens (including phenoxy) is 4. The molecule has 4 heterocycles. The van der Waals surface area contributed by atoms with Crippen molar-refractivity contribution in [2.75, 3.05) is 52.9 Å². The zero-order chi connectivity index (χ0) is 40.7. The maximum Gasteiger partial charge on any atom is 0.494 e. The molecule has 5 aliphatic rings. The van der Waals surface area contributed by atoms with Gasteiger partial charge in [0, 0.05) is 29.5 Å². The van der Waals surface area contributed by atoms with Crippen molar-refractivity contribution in [2.24, 2.45) is 10.8 Å². The molecule has 0 saturated carbocycles. The smallest absolute Gasteiger partial charge is 0.399 e. The summed E-state index contributed by atoms with van der Waals surface area (Å²) in [4.78, 5) is 0. The van der Waals surface area contributed by atoms with E-state index in [0.29, 0.717) is 0 Å². The van der Waals surface area contributed by atoms with Gasteiger partial charge in [0.05, 0.1) is 62.0 Å². The van der Waals surface area contributed by atoms with Crippen molar-refractivity contribution in [1.29, 1.82) is 0 Å². The van der Waals surface area contributed by atoms with Gasteiger partial charge < -0.3 is 37.6 Å². The normalized spacial score (nSPS) is 23.9. The second kappa shape index (κ2) is 16.6. The van der Waals surface area contributed by atoms with Crippen molar-refractivity contribution in [1.82, 2.24) is 0 Å². The van der Waals surface area contributed by atoms with Gasteiger partial charge in [-0.05, 0) is 114 Å². The first-order valence-electron chi connectivity index (χ1n) is 22.2. The van der Waals surface area contributed by atoms with Crippen molar-refractivity contribution < 1.29 is 37.6 Å². The molecular formula is C47H72B2O8. The van der Waals surface area contributed by atoms with Gasteiger partial charge in [-0.2, -0.15) is 0 Å². The average Bonchev–Trinajstić information content (AvgIpc) is 3.62. The summed E-state index contributed by atoms with van der Waals surface area (Å²) in [5, 5.41) is 0. The summed E-state index contributed by atoms with van der Waals surface area (Å²) >= 11 is 0. The second-order valence-corrected chi connectivity index (χ2v) is 20.9. The van der Waals surface area contributed by atoms with E-state index in [1.807, 2.05) is 0 Å². The molecule has 2 aromatic carbocycles. The number of unbranched alkanes of at least 4 members (excludes halogenated alkanes) is 6. The van der Waals surface area contributed by atoms with Gasteiger partial charge in [0.1, 0.15) is 0 Å². The highest BCUT2D eigenvalue weighted by molar-refractivity contribution is 6.62. The summed E-state index contributed by atoms with van der Waals surface area (Å²) in [7, 11) is -0.825. The van der Waals surface area contributed by atoms with E-state index in [0.717, 1.165) is 115 Å². The van der Waals surface area contributed by atoms with E-state index < -0.39 is 36.6 Å². The summed E-state index contributed by atoms with van der Waals surface area (Å²) in [6.07, 6.45) is 11.3. The van der Waals surface area contributed by atoms with Crippen molar-refractivity contribution in [3.8, 4) is 11.1 Å². The predicted octanol–water partition coefficient (Wildman–Crippen LogP) is 8.56. The van der Waals surface area contributed by atoms with Gasteiger partial charge in [-0.15, -0.1) is 0 Å². The van der Waals surface area contributed by atoms with E-state index in [1.165, 1.54) is 35.1 Å². The Hall–Kier alpha value is -1.75. The fourth-order valence-corrected chi connectivity index (χ4v) is 9.12. The van der Waals surface area contributed by atoms with Gasteiger partial charge in [-0.25, -0.2) is 0 Å². The molecule has 7 rings (SSSR count). The molecule has 8 nitrogen and oxygen atoms in total. The van der Waals surface area contributed by atoms with Gasteiger partial charge in [0.25, 0.3) is 0 Å². The summed E-state index contributed by atoms with van der Waals surface area (Å²) in [5.74, 6) is 0. The molecule has 0 amide bonds. The minimum absolute atomic E-state index is 0.158. The van der Waals surface area contributed by atoms with Crippen LogP contribution in [0.15, 0.2) is 36.4 Å². The molecule has 4 saturated heterocycles. The highest BCUT2D eigenvalue weighted by atomic mass is 16.7. The van der Waals surface area contributed by atoms with Crippen molar-refractivity contribution in [2.45, 2.75) is 161 Å². The molecule has 0 unspecified atom stereocenters. The molecule has 0 spiro atoms. The molecule has 314 valence electrons. The van der Waals surface area contributed by atoms with E-state index in [9.17, 15) is 0 Å². The van der Waals surface area contributed by atoms with E-state index in [2.05, 4.69) is 106 Å². The van der Waals surface area contributed by atoms with E-state index in [4.69, 9.17) is 37.6 Å². The summed E-state index contributed by atoms with van der Waals surface area (Å²) in [6.45, 7) is 28.1. The largest absolute Gasteiger partial charge is 0.494 e. The maximum atomic E-state index is 6.64. The lowest BCUT2D eigenvalue weighted by Gasteiger charge is -2.37. The molecule has 0 N–H and O–H groups in total. The molecule has 1 aliphatic carbocycles.